The molecule has 0 radical (unpaired) electrons. The van der Waals surface area contributed by atoms with E-state index in [1.165, 1.54) is 11.1 Å². The fourth-order valence-corrected chi connectivity index (χ4v) is 4.58. The van der Waals surface area contributed by atoms with E-state index in [2.05, 4.69) is 39.3 Å². The largest absolute Gasteiger partial charge is 0.339 e. The van der Waals surface area contributed by atoms with Gasteiger partial charge in [-0.3, -0.25) is 9.59 Å². The van der Waals surface area contributed by atoms with Gasteiger partial charge in [0.25, 0.3) is 5.91 Å². The molecule has 178 valence electrons. The SMILES string of the molecule is CCNC(=O)NCC[C@@H](NC(=O)c1ccc(Cl)s1)C(=O)Nc1ccc2c(c1)CCN(C)CC2. The van der Waals surface area contributed by atoms with Crippen molar-refractivity contribution in [1.29, 1.82) is 0 Å². The number of urea groups is 1. The summed E-state index contributed by atoms with van der Waals surface area (Å²) in [4.78, 5) is 40.1. The summed E-state index contributed by atoms with van der Waals surface area (Å²) in [6.45, 7) is 4.53. The van der Waals surface area contributed by atoms with Crippen molar-refractivity contribution in [2.45, 2.75) is 32.2 Å². The van der Waals surface area contributed by atoms with Crippen LogP contribution in [0.2, 0.25) is 4.34 Å². The third-order valence-electron chi connectivity index (χ3n) is 5.47. The lowest BCUT2D eigenvalue weighted by Gasteiger charge is -2.19. The molecule has 1 atom stereocenters. The Bertz CT molecular complexity index is 996. The van der Waals surface area contributed by atoms with Crippen molar-refractivity contribution in [1.82, 2.24) is 20.9 Å². The Morgan fingerprint density at radius 1 is 1.09 bits per heavy atom. The molecule has 4 amide bonds. The van der Waals surface area contributed by atoms with Gasteiger partial charge in [0.15, 0.2) is 0 Å². The van der Waals surface area contributed by atoms with Crippen molar-refractivity contribution in [3.63, 3.8) is 0 Å². The number of fused-ring (bicyclic) bond motifs is 1. The summed E-state index contributed by atoms with van der Waals surface area (Å²) in [7, 11) is 2.11. The summed E-state index contributed by atoms with van der Waals surface area (Å²) >= 11 is 7.08. The first-order valence-electron chi connectivity index (χ1n) is 11.0. The minimum Gasteiger partial charge on any atom is -0.339 e. The van der Waals surface area contributed by atoms with Gasteiger partial charge in [-0.1, -0.05) is 17.7 Å². The van der Waals surface area contributed by atoms with Gasteiger partial charge >= 0.3 is 6.03 Å². The number of hydrogen-bond acceptors (Lipinski definition) is 5. The van der Waals surface area contributed by atoms with Gasteiger partial charge in [0.2, 0.25) is 5.91 Å². The van der Waals surface area contributed by atoms with Crippen LogP contribution >= 0.6 is 22.9 Å². The zero-order valence-corrected chi connectivity index (χ0v) is 20.4. The van der Waals surface area contributed by atoms with E-state index < -0.39 is 6.04 Å². The molecular weight excluding hydrogens is 462 g/mol. The number of nitrogens with zero attached hydrogens (tertiary/aromatic N) is 1. The zero-order chi connectivity index (χ0) is 23.8. The van der Waals surface area contributed by atoms with Gasteiger partial charge in [-0.15, -0.1) is 11.3 Å². The predicted octanol–water partition coefficient (Wildman–Crippen LogP) is 2.88. The summed E-state index contributed by atoms with van der Waals surface area (Å²) in [6.07, 6.45) is 2.14. The number of carbonyl (C=O) groups is 3. The van der Waals surface area contributed by atoms with Crippen molar-refractivity contribution in [3.05, 3.63) is 50.7 Å². The first kappa shape index (κ1) is 25.0. The molecule has 0 saturated heterocycles. The summed E-state index contributed by atoms with van der Waals surface area (Å²) in [5.41, 5.74) is 3.21. The number of halogens is 1. The van der Waals surface area contributed by atoms with Crippen LogP contribution in [0.4, 0.5) is 10.5 Å². The monoisotopic (exact) mass is 491 g/mol. The van der Waals surface area contributed by atoms with E-state index in [1.54, 1.807) is 12.1 Å². The van der Waals surface area contributed by atoms with E-state index in [-0.39, 0.29) is 30.8 Å². The van der Waals surface area contributed by atoms with Gasteiger partial charge < -0.3 is 26.2 Å². The average molecular weight is 492 g/mol. The van der Waals surface area contributed by atoms with E-state index in [1.807, 2.05) is 19.1 Å². The van der Waals surface area contributed by atoms with Crippen LogP contribution in [0.5, 0.6) is 0 Å². The van der Waals surface area contributed by atoms with Gasteiger partial charge in [0, 0.05) is 31.9 Å². The molecule has 1 aromatic carbocycles. The molecule has 0 saturated carbocycles. The van der Waals surface area contributed by atoms with E-state index in [0.717, 1.165) is 37.3 Å². The van der Waals surface area contributed by atoms with Crippen LogP contribution in [-0.4, -0.2) is 62.0 Å². The number of likely N-dealkylation sites (N-methyl/N-ethyl adjacent to an activating group) is 1. The van der Waals surface area contributed by atoms with Crippen LogP contribution in [0.25, 0.3) is 0 Å². The first-order chi connectivity index (χ1) is 15.9. The van der Waals surface area contributed by atoms with E-state index in [0.29, 0.717) is 21.4 Å². The van der Waals surface area contributed by atoms with Crippen LogP contribution in [-0.2, 0) is 17.6 Å². The Morgan fingerprint density at radius 3 is 2.55 bits per heavy atom. The van der Waals surface area contributed by atoms with Gasteiger partial charge in [-0.25, -0.2) is 4.79 Å². The lowest BCUT2D eigenvalue weighted by Crippen LogP contribution is -2.46. The molecule has 1 aliphatic heterocycles. The first-order valence-corrected chi connectivity index (χ1v) is 12.2. The highest BCUT2D eigenvalue weighted by Gasteiger charge is 2.23. The van der Waals surface area contributed by atoms with Crippen LogP contribution in [0, 0.1) is 0 Å². The van der Waals surface area contributed by atoms with E-state index >= 15 is 0 Å². The predicted molar refractivity (Wildman–Crippen MR) is 132 cm³/mol. The molecule has 3 rings (SSSR count). The summed E-state index contributed by atoms with van der Waals surface area (Å²) in [5, 5.41) is 11.0. The summed E-state index contributed by atoms with van der Waals surface area (Å²) in [6, 6.07) is 8.08. The van der Waals surface area contributed by atoms with Crippen molar-refractivity contribution in [3.8, 4) is 0 Å². The van der Waals surface area contributed by atoms with Crippen molar-refractivity contribution in [2.24, 2.45) is 0 Å². The molecule has 0 unspecified atom stereocenters. The second kappa shape index (κ2) is 12.0. The Morgan fingerprint density at radius 2 is 1.85 bits per heavy atom. The molecule has 1 aliphatic rings. The maximum absolute atomic E-state index is 13.1. The number of anilines is 1. The molecule has 0 bridgehead atoms. The fraction of sp³-hybridized carbons (Fsp3) is 0.435. The molecule has 33 heavy (non-hydrogen) atoms. The lowest BCUT2D eigenvalue weighted by molar-refractivity contribution is -0.118. The topological polar surface area (TPSA) is 103 Å². The Hall–Kier alpha value is -2.62. The van der Waals surface area contributed by atoms with Crippen LogP contribution in [0.1, 0.15) is 34.1 Å². The maximum Gasteiger partial charge on any atom is 0.314 e. The highest BCUT2D eigenvalue weighted by molar-refractivity contribution is 7.18. The summed E-state index contributed by atoms with van der Waals surface area (Å²) < 4.78 is 0.495. The number of rotatable bonds is 8. The standard InChI is InChI=1S/C23H30ClN5O3S/c1-3-25-23(32)26-11-8-18(28-22(31)19-6-7-20(24)33-19)21(30)27-17-5-4-15-9-12-29(2)13-10-16(15)14-17/h4-7,14,18H,3,8-13H2,1-2H3,(H,27,30)(H,28,31)(H2,25,26,32)/t18-/m1/s1. The maximum atomic E-state index is 13.1. The van der Waals surface area contributed by atoms with Crippen molar-refractivity contribution >= 4 is 46.5 Å². The quantitative estimate of drug-likeness (QED) is 0.456. The molecule has 1 aromatic heterocycles. The van der Waals surface area contributed by atoms with Gasteiger partial charge in [0.05, 0.1) is 9.21 Å². The molecule has 0 fully saturated rings. The molecule has 8 nitrogen and oxygen atoms in total. The average Bonchev–Trinajstić information content (AvgIpc) is 3.13. The number of nitrogens with one attached hydrogen (secondary N) is 4. The van der Waals surface area contributed by atoms with E-state index in [4.69, 9.17) is 11.6 Å². The molecule has 2 heterocycles. The number of carbonyl (C=O) groups excluding carboxylic acids is 3. The van der Waals surface area contributed by atoms with Gasteiger partial charge in [0.1, 0.15) is 6.04 Å². The minimum absolute atomic E-state index is 0.228. The highest BCUT2D eigenvalue weighted by Crippen LogP contribution is 2.22. The Labute approximate surface area is 203 Å². The second-order valence-electron chi connectivity index (χ2n) is 7.98. The second-order valence-corrected chi connectivity index (χ2v) is 9.70. The molecule has 0 spiro atoms. The third-order valence-corrected chi connectivity index (χ3v) is 6.70. The third kappa shape index (κ3) is 7.45. The zero-order valence-electron chi connectivity index (χ0n) is 18.9. The van der Waals surface area contributed by atoms with Crippen LogP contribution < -0.4 is 21.3 Å². The lowest BCUT2D eigenvalue weighted by atomic mass is 10.0. The molecule has 4 N–H and O–H groups in total. The van der Waals surface area contributed by atoms with Crippen molar-refractivity contribution in [2.75, 3.05) is 38.5 Å². The normalized spacial score (nSPS) is 14.5. The highest BCUT2D eigenvalue weighted by atomic mass is 35.5. The van der Waals surface area contributed by atoms with Crippen LogP contribution in [0.15, 0.2) is 30.3 Å². The smallest absolute Gasteiger partial charge is 0.314 e. The Kier molecular flexibility index (Phi) is 9.11. The van der Waals surface area contributed by atoms with Gasteiger partial charge in [-0.2, -0.15) is 0 Å². The number of hydrogen-bond donors (Lipinski definition) is 4. The number of amides is 4. The summed E-state index contributed by atoms with van der Waals surface area (Å²) in [5.74, 6) is -0.718. The molecule has 2 aromatic rings. The Balaban J connectivity index is 1.68. The molecular formula is C23H30ClN5O3S. The molecule has 10 heteroatoms. The van der Waals surface area contributed by atoms with Crippen molar-refractivity contribution < 1.29 is 14.4 Å². The van der Waals surface area contributed by atoms with E-state index in [9.17, 15) is 14.4 Å². The molecule has 0 aliphatic carbocycles. The number of benzene rings is 1. The van der Waals surface area contributed by atoms with Gasteiger partial charge in [-0.05, 0) is 68.6 Å². The number of thiophene rings is 1. The minimum atomic E-state index is -0.828. The van der Waals surface area contributed by atoms with Crippen LogP contribution in [0.3, 0.4) is 0 Å². The fourth-order valence-electron chi connectivity index (χ4n) is 3.63.